The number of anilines is 3. The number of hydrogen-bond donors (Lipinski definition) is 3. The van der Waals surface area contributed by atoms with Crippen molar-refractivity contribution in [1.29, 1.82) is 0 Å². The molecule has 0 radical (unpaired) electrons. The summed E-state index contributed by atoms with van der Waals surface area (Å²) >= 11 is 0. The van der Waals surface area contributed by atoms with Gasteiger partial charge in [-0.25, -0.2) is 9.78 Å². The Bertz CT molecular complexity index is 940. The summed E-state index contributed by atoms with van der Waals surface area (Å²) in [7, 11) is 0. The van der Waals surface area contributed by atoms with Gasteiger partial charge in [0.25, 0.3) is 0 Å². The molecule has 4 heterocycles. The Kier molecular flexibility index (Phi) is 5.37. The van der Waals surface area contributed by atoms with Gasteiger partial charge < -0.3 is 20.1 Å². The molecule has 2 aliphatic heterocycles. The number of halogens is 3. The first-order valence-electron chi connectivity index (χ1n) is 9.70. The average Bonchev–Trinajstić information content (AvgIpc) is 3.34. The van der Waals surface area contributed by atoms with Gasteiger partial charge >= 0.3 is 12.3 Å². The van der Waals surface area contributed by atoms with Crippen molar-refractivity contribution in [3.63, 3.8) is 0 Å². The predicted octanol–water partition coefficient (Wildman–Crippen LogP) is 2.39. The van der Waals surface area contributed by atoms with Gasteiger partial charge in [0.15, 0.2) is 0 Å². The maximum Gasteiger partial charge on any atom is 0.407 e. The molecule has 3 N–H and O–H groups in total. The number of aryl methyl sites for hydroxylation is 1. The summed E-state index contributed by atoms with van der Waals surface area (Å²) in [6, 6.07) is 2.85. The van der Waals surface area contributed by atoms with Crippen molar-refractivity contribution in [3.8, 4) is 0 Å². The zero-order chi connectivity index (χ0) is 22.3. The summed E-state index contributed by atoms with van der Waals surface area (Å²) in [5, 5.41) is 19.3. The highest BCUT2D eigenvalue weighted by atomic mass is 19.4. The molecular formula is C18H22F3N7O3. The van der Waals surface area contributed by atoms with E-state index in [1.54, 1.807) is 30.2 Å². The first-order valence-corrected chi connectivity index (χ1v) is 9.70. The molecule has 10 nitrogen and oxygen atoms in total. The van der Waals surface area contributed by atoms with Gasteiger partial charge in [-0.2, -0.15) is 23.3 Å². The number of nitrogens with zero attached hydrogens (tertiary/aromatic N) is 5. The van der Waals surface area contributed by atoms with Crippen LogP contribution in [0.15, 0.2) is 18.3 Å². The minimum absolute atomic E-state index is 0.183. The van der Waals surface area contributed by atoms with Crippen molar-refractivity contribution < 1.29 is 27.8 Å². The normalized spacial score (nSPS) is 24.7. The van der Waals surface area contributed by atoms with Gasteiger partial charge in [-0.05, 0) is 6.92 Å². The molecule has 1 unspecified atom stereocenters. The van der Waals surface area contributed by atoms with Crippen LogP contribution in [-0.4, -0.2) is 80.3 Å². The van der Waals surface area contributed by atoms with E-state index < -0.39 is 36.4 Å². The molecule has 2 aromatic heterocycles. The lowest BCUT2D eigenvalue weighted by Crippen LogP contribution is -2.58. The number of alkyl halides is 3. The predicted molar refractivity (Wildman–Crippen MR) is 103 cm³/mol. The molecule has 4 rings (SSSR count). The lowest BCUT2D eigenvalue weighted by atomic mass is 9.99. The molecule has 4 atom stereocenters. The second kappa shape index (κ2) is 7.87. The Hall–Kier alpha value is -3.09. The van der Waals surface area contributed by atoms with Crippen LogP contribution in [0.25, 0.3) is 0 Å². The van der Waals surface area contributed by atoms with Gasteiger partial charge in [-0.15, -0.1) is 0 Å². The second-order valence-corrected chi connectivity index (χ2v) is 7.74. The maximum atomic E-state index is 13.2. The van der Waals surface area contributed by atoms with Crippen LogP contribution in [0.4, 0.5) is 35.5 Å². The summed E-state index contributed by atoms with van der Waals surface area (Å²) in [5.41, 5.74) is 0.668. The Balaban J connectivity index is 1.55. The number of amides is 1. The molecule has 2 aromatic rings. The number of fused-ring (bicyclic) bond motifs is 1. The molecule has 0 aliphatic carbocycles. The highest BCUT2D eigenvalue weighted by Gasteiger charge is 2.51. The van der Waals surface area contributed by atoms with Crippen molar-refractivity contribution >= 4 is 23.7 Å². The highest BCUT2D eigenvalue weighted by molar-refractivity contribution is 5.66. The zero-order valence-corrected chi connectivity index (χ0v) is 16.8. The third-order valence-electron chi connectivity index (χ3n) is 5.57. The number of rotatable bonds is 4. The van der Waals surface area contributed by atoms with Gasteiger partial charge in [-0.3, -0.25) is 10.00 Å². The standard InChI is InChI=1S/C18H22F3N7O3/c1-9-5-15(24-14-3-4-22-26-14)25-16(23-9)27-6-11-13(7-27)31-12(8-28(11)17(29)30)10(2)18(19,20)21/h3-5,10-13H,6-8H2,1-2H3,(H,29,30)(H2,22,23,24,25,26)/t10?,11-,12-,13-/m1/s1. The maximum absolute atomic E-state index is 13.2. The Morgan fingerprint density at radius 2 is 2.13 bits per heavy atom. The summed E-state index contributed by atoms with van der Waals surface area (Å²) in [4.78, 5) is 23.4. The molecule has 0 bridgehead atoms. The number of aromatic amines is 1. The molecular weight excluding hydrogens is 419 g/mol. The Morgan fingerprint density at radius 1 is 1.35 bits per heavy atom. The van der Waals surface area contributed by atoms with Crippen LogP contribution in [0.2, 0.25) is 0 Å². The molecule has 2 aliphatic rings. The lowest BCUT2D eigenvalue weighted by Gasteiger charge is -2.41. The van der Waals surface area contributed by atoms with Gasteiger partial charge in [0.05, 0.1) is 36.9 Å². The van der Waals surface area contributed by atoms with E-state index in [2.05, 4.69) is 25.5 Å². The number of H-pyrrole nitrogens is 1. The van der Waals surface area contributed by atoms with Crippen LogP contribution >= 0.6 is 0 Å². The van der Waals surface area contributed by atoms with E-state index in [4.69, 9.17) is 4.74 Å². The van der Waals surface area contributed by atoms with Crippen LogP contribution in [0, 0.1) is 12.8 Å². The number of hydrogen-bond acceptors (Lipinski definition) is 7. The molecule has 168 valence electrons. The fourth-order valence-corrected chi connectivity index (χ4v) is 3.88. The molecule has 13 heteroatoms. The number of ether oxygens (including phenoxy) is 1. The SMILES string of the molecule is Cc1cc(Nc2ccn[nH]2)nc(N2C[C@@H]3[C@@H](C2)O[C@@H](C(C)C(F)(F)F)CN3C(=O)O)n1. The van der Waals surface area contributed by atoms with Crippen molar-refractivity contribution in [2.45, 2.75) is 38.3 Å². The molecule has 31 heavy (non-hydrogen) atoms. The minimum Gasteiger partial charge on any atom is -0.465 e. The van der Waals surface area contributed by atoms with E-state index in [9.17, 15) is 23.1 Å². The van der Waals surface area contributed by atoms with Crippen molar-refractivity contribution in [1.82, 2.24) is 25.1 Å². The smallest absolute Gasteiger partial charge is 0.407 e. The third-order valence-corrected chi connectivity index (χ3v) is 5.57. The van der Waals surface area contributed by atoms with Gasteiger partial charge in [-0.1, -0.05) is 6.92 Å². The van der Waals surface area contributed by atoms with E-state index in [1.807, 2.05) is 0 Å². The van der Waals surface area contributed by atoms with E-state index in [-0.39, 0.29) is 19.6 Å². The monoisotopic (exact) mass is 441 g/mol. The molecule has 2 fully saturated rings. The van der Waals surface area contributed by atoms with E-state index in [0.717, 1.165) is 11.8 Å². The zero-order valence-electron chi connectivity index (χ0n) is 16.8. The number of morpholine rings is 1. The minimum atomic E-state index is -4.48. The molecule has 2 saturated heterocycles. The molecule has 0 aromatic carbocycles. The largest absolute Gasteiger partial charge is 0.465 e. The Labute approximate surface area is 175 Å². The number of carboxylic acid groups (broad SMARTS) is 1. The number of nitrogens with one attached hydrogen (secondary N) is 2. The van der Waals surface area contributed by atoms with E-state index in [1.165, 1.54) is 0 Å². The van der Waals surface area contributed by atoms with Crippen LogP contribution in [0.5, 0.6) is 0 Å². The topological polar surface area (TPSA) is 120 Å². The fourth-order valence-electron chi connectivity index (χ4n) is 3.88. The highest BCUT2D eigenvalue weighted by Crippen LogP contribution is 2.36. The first kappa shape index (κ1) is 21.2. The third kappa shape index (κ3) is 4.36. The van der Waals surface area contributed by atoms with Crippen LogP contribution in [-0.2, 0) is 4.74 Å². The Morgan fingerprint density at radius 3 is 2.77 bits per heavy atom. The van der Waals surface area contributed by atoms with Gasteiger partial charge in [0.2, 0.25) is 5.95 Å². The van der Waals surface area contributed by atoms with Crippen molar-refractivity contribution in [2.24, 2.45) is 5.92 Å². The van der Waals surface area contributed by atoms with E-state index >= 15 is 0 Å². The van der Waals surface area contributed by atoms with Crippen molar-refractivity contribution in [3.05, 3.63) is 24.0 Å². The number of carbonyl (C=O) groups is 1. The summed E-state index contributed by atoms with van der Waals surface area (Å²) in [6.07, 6.45) is -6.15. The lowest BCUT2D eigenvalue weighted by molar-refractivity contribution is -0.222. The second-order valence-electron chi connectivity index (χ2n) is 7.74. The number of aromatic nitrogens is 4. The molecule has 0 spiro atoms. The first-order chi connectivity index (χ1) is 14.6. The van der Waals surface area contributed by atoms with Gasteiger partial charge in [0.1, 0.15) is 11.6 Å². The van der Waals surface area contributed by atoms with Crippen LogP contribution < -0.4 is 10.2 Å². The van der Waals surface area contributed by atoms with Crippen LogP contribution in [0.1, 0.15) is 12.6 Å². The summed E-state index contributed by atoms with van der Waals surface area (Å²) in [5.74, 6) is -0.319. The van der Waals surface area contributed by atoms with Crippen molar-refractivity contribution in [2.75, 3.05) is 29.9 Å². The fraction of sp³-hybridized carbons (Fsp3) is 0.556. The summed E-state index contributed by atoms with van der Waals surface area (Å²) < 4.78 is 45.3. The van der Waals surface area contributed by atoms with E-state index in [0.29, 0.717) is 23.3 Å². The summed E-state index contributed by atoms with van der Waals surface area (Å²) in [6.45, 7) is 2.86. The van der Waals surface area contributed by atoms with Gasteiger partial charge in [0, 0.05) is 30.9 Å². The quantitative estimate of drug-likeness (QED) is 0.662. The molecule has 1 amide bonds. The average molecular weight is 441 g/mol. The molecule has 0 saturated carbocycles. The van der Waals surface area contributed by atoms with Crippen LogP contribution in [0.3, 0.4) is 0 Å².